The highest BCUT2D eigenvalue weighted by atomic mass is 32.2. The van der Waals surface area contributed by atoms with Crippen LogP contribution in [0.15, 0.2) is 29.3 Å². The summed E-state index contributed by atoms with van der Waals surface area (Å²) in [7, 11) is -2.34. The lowest BCUT2D eigenvalue weighted by atomic mass is 10.1. The van der Waals surface area contributed by atoms with E-state index in [2.05, 4.69) is 20.3 Å². The molecule has 0 spiro atoms. The van der Waals surface area contributed by atoms with Crippen molar-refractivity contribution in [3.8, 4) is 5.75 Å². The van der Waals surface area contributed by atoms with Gasteiger partial charge in [-0.15, -0.1) is 0 Å². The first-order chi connectivity index (χ1) is 16.2. The van der Waals surface area contributed by atoms with Gasteiger partial charge in [-0.2, -0.15) is 22.5 Å². The third-order valence-electron chi connectivity index (χ3n) is 5.86. The van der Waals surface area contributed by atoms with Gasteiger partial charge in [0.1, 0.15) is 11.4 Å². The van der Waals surface area contributed by atoms with Crippen molar-refractivity contribution in [3.63, 3.8) is 0 Å². The average Bonchev–Trinajstić information content (AvgIpc) is 3.56. The van der Waals surface area contributed by atoms with Gasteiger partial charge in [0, 0.05) is 31.3 Å². The fourth-order valence-electron chi connectivity index (χ4n) is 3.98. The molecule has 1 aliphatic carbocycles. The summed E-state index contributed by atoms with van der Waals surface area (Å²) in [6.45, 7) is 1.18. The molecular formula is C21H22F3N5O4S. The minimum Gasteiger partial charge on any atom is -0.495 e. The van der Waals surface area contributed by atoms with E-state index in [0.29, 0.717) is 24.6 Å². The van der Waals surface area contributed by atoms with E-state index in [1.165, 1.54) is 29.6 Å². The monoisotopic (exact) mass is 497 g/mol. The number of aromatic amines is 1. The number of rotatable bonds is 6. The summed E-state index contributed by atoms with van der Waals surface area (Å²) < 4.78 is 78.3. The van der Waals surface area contributed by atoms with Gasteiger partial charge in [-0.25, -0.2) is 13.4 Å². The molecule has 5 rings (SSSR count). The van der Waals surface area contributed by atoms with Gasteiger partial charge in [-0.1, -0.05) is 0 Å². The first kappa shape index (κ1) is 22.9. The molecule has 1 aliphatic heterocycles. The molecular weight excluding hydrogens is 475 g/mol. The van der Waals surface area contributed by atoms with Gasteiger partial charge < -0.3 is 19.8 Å². The van der Waals surface area contributed by atoms with Crippen LogP contribution >= 0.6 is 0 Å². The van der Waals surface area contributed by atoms with E-state index in [9.17, 15) is 21.6 Å². The van der Waals surface area contributed by atoms with Crippen LogP contribution in [0.2, 0.25) is 0 Å². The highest BCUT2D eigenvalue weighted by Gasteiger charge is 2.38. The maximum atomic E-state index is 13.5. The van der Waals surface area contributed by atoms with Crippen LogP contribution in [0.5, 0.6) is 5.75 Å². The Bertz CT molecular complexity index is 1330. The first-order valence-corrected chi connectivity index (χ1v) is 12.1. The second-order valence-corrected chi connectivity index (χ2v) is 10.1. The molecule has 2 aromatic heterocycles. The van der Waals surface area contributed by atoms with E-state index in [4.69, 9.17) is 9.47 Å². The van der Waals surface area contributed by atoms with Crippen molar-refractivity contribution in [1.82, 2.24) is 19.3 Å². The quantitative estimate of drug-likeness (QED) is 0.535. The number of hydrogen-bond acceptors (Lipinski definition) is 7. The Morgan fingerprint density at radius 1 is 1.21 bits per heavy atom. The fraction of sp³-hybridized carbons (Fsp3) is 0.429. The molecule has 0 unspecified atom stereocenters. The van der Waals surface area contributed by atoms with Crippen LogP contribution in [-0.2, 0) is 20.9 Å². The van der Waals surface area contributed by atoms with Crippen molar-refractivity contribution in [1.29, 1.82) is 0 Å². The van der Waals surface area contributed by atoms with E-state index < -0.39 is 21.8 Å². The first-order valence-electron chi connectivity index (χ1n) is 10.7. The van der Waals surface area contributed by atoms with Gasteiger partial charge in [-0.05, 0) is 25.0 Å². The summed E-state index contributed by atoms with van der Waals surface area (Å²) in [4.78, 5) is 11.3. The number of ether oxygens (including phenoxy) is 2. The zero-order valence-electron chi connectivity index (χ0n) is 18.1. The number of halogens is 3. The van der Waals surface area contributed by atoms with Crippen LogP contribution in [-0.4, -0.2) is 61.1 Å². The van der Waals surface area contributed by atoms with Crippen LogP contribution in [0.25, 0.3) is 11.0 Å². The zero-order chi connectivity index (χ0) is 24.1. The number of H-pyrrole nitrogens is 1. The number of aromatic nitrogens is 3. The van der Waals surface area contributed by atoms with Crippen molar-refractivity contribution >= 4 is 32.7 Å². The Hall–Kier alpha value is -2.90. The number of alkyl halides is 3. The molecule has 1 saturated heterocycles. The predicted molar refractivity (Wildman–Crippen MR) is 117 cm³/mol. The molecule has 2 fully saturated rings. The molecule has 182 valence electrons. The maximum Gasteiger partial charge on any atom is 0.418 e. The minimum absolute atomic E-state index is 0.0144. The molecule has 2 aliphatic rings. The van der Waals surface area contributed by atoms with Crippen molar-refractivity contribution in [3.05, 3.63) is 35.7 Å². The zero-order valence-corrected chi connectivity index (χ0v) is 19.0. The van der Waals surface area contributed by atoms with Gasteiger partial charge >= 0.3 is 6.18 Å². The normalized spacial score (nSPS) is 17.8. The van der Waals surface area contributed by atoms with Gasteiger partial charge in [0.15, 0.2) is 0 Å². The topological polar surface area (TPSA) is 109 Å². The Kier molecular flexibility index (Phi) is 5.65. The molecule has 34 heavy (non-hydrogen) atoms. The van der Waals surface area contributed by atoms with Crippen LogP contribution in [0.1, 0.15) is 30.0 Å². The van der Waals surface area contributed by atoms with Crippen molar-refractivity contribution in [2.75, 3.05) is 38.7 Å². The van der Waals surface area contributed by atoms with Crippen LogP contribution < -0.4 is 10.1 Å². The third-order valence-corrected chi connectivity index (χ3v) is 7.75. The van der Waals surface area contributed by atoms with Gasteiger partial charge in [-0.3, -0.25) is 0 Å². The summed E-state index contributed by atoms with van der Waals surface area (Å²) in [6, 6.07) is 4.35. The van der Waals surface area contributed by atoms with E-state index in [0.717, 1.165) is 19.0 Å². The van der Waals surface area contributed by atoms with E-state index in [1.807, 2.05) is 0 Å². The Morgan fingerprint density at radius 3 is 2.59 bits per heavy atom. The number of methoxy groups -OCH3 is 1. The van der Waals surface area contributed by atoms with Gasteiger partial charge in [0.25, 0.3) is 0 Å². The lowest BCUT2D eigenvalue weighted by Gasteiger charge is -2.26. The number of hydrogen-bond donors (Lipinski definition) is 2. The van der Waals surface area contributed by atoms with E-state index in [-0.39, 0.29) is 46.6 Å². The number of morpholine rings is 1. The second-order valence-electron chi connectivity index (χ2n) is 8.13. The number of anilines is 2. The van der Waals surface area contributed by atoms with Crippen molar-refractivity contribution in [2.45, 2.75) is 29.8 Å². The number of benzene rings is 1. The lowest BCUT2D eigenvalue weighted by Crippen LogP contribution is -2.40. The molecule has 0 amide bonds. The molecule has 13 heteroatoms. The summed E-state index contributed by atoms with van der Waals surface area (Å²) in [5.41, 5.74) is 0.0158. The Balaban J connectivity index is 1.49. The standard InChI is InChI=1S/C21H22F3N5O4S/c1-32-16-10-13(34(30,31)29-6-8-33-9-7-29)4-5-15(16)26-20-27-18(12-2-3-12)17-14(21(22,23)24)11-25-19(17)28-20/h4-5,10-12H,2-3,6-9H2,1H3,(H2,25,26,27,28). The molecule has 3 aromatic rings. The number of fused-ring (bicyclic) bond motifs is 1. The van der Waals surface area contributed by atoms with Crippen LogP contribution in [0.3, 0.4) is 0 Å². The summed E-state index contributed by atoms with van der Waals surface area (Å²) in [6.07, 6.45) is -2.11. The van der Waals surface area contributed by atoms with Crippen molar-refractivity contribution < 1.29 is 31.1 Å². The molecule has 9 nitrogen and oxygen atoms in total. The number of sulfonamides is 1. The highest BCUT2D eigenvalue weighted by molar-refractivity contribution is 7.89. The average molecular weight is 497 g/mol. The molecule has 1 saturated carbocycles. The predicted octanol–water partition coefficient (Wildman–Crippen LogP) is 3.63. The molecule has 1 aromatic carbocycles. The lowest BCUT2D eigenvalue weighted by molar-refractivity contribution is -0.136. The van der Waals surface area contributed by atoms with Crippen molar-refractivity contribution in [2.24, 2.45) is 0 Å². The molecule has 0 atom stereocenters. The van der Waals surface area contributed by atoms with E-state index >= 15 is 0 Å². The molecule has 0 radical (unpaired) electrons. The van der Waals surface area contributed by atoms with Gasteiger partial charge in [0.2, 0.25) is 16.0 Å². The summed E-state index contributed by atoms with van der Waals surface area (Å²) in [5.74, 6) is 0.256. The summed E-state index contributed by atoms with van der Waals surface area (Å²) in [5, 5.41) is 2.95. The molecule has 0 bridgehead atoms. The second kappa shape index (κ2) is 8.40. The number of nitrogens with zero attached hydrogens (tertiary/aromatic N) is 3. The fourth-order valence-corrected chi connectivity index (χ4v) is 5.41. The largest absolute Gasteiger partial charge is 0.495 e. The highest BCUT2D eigenvalue weighted by Crippen LogP contribution is 2.46. The Labute approximate surface area is 193 Å². The number of nitrogens with one attached hydrogen (secondary N) is 2. The van der Waals surface area contributed by atoms with Gasteiger partial charge in [0.05, 0.1) is 47.6 Å². The van der Waals surface area contributed by atoms with Crippen LogP contribution in [0.4, 0.5) is 24.8 Å². The third kappa shape index (κ3) is 4.18. The van der Waals surface area contributed by atoms with Crippen LogP contribution in [0, 0.1) is 0 Å². The minimum atomic E-state index is -4.52. The Morgan fingerprint density at radius 2 is 1.94 bits per heavy atom. The smallest absolute Gasteiger partial charge is 0.418 e. The maximum absolute atomic E-state index is 13.5. The summed E-state index contributed by atoms with van der Waals surface area (Å²) >= 11 is 0. The molecule has 3 heterocycles. The van der Waals surface area contributed by atoms with E-state index in [1.54, 1.807) is 0 Å². The SMILES string of the molecule is COc1cc(S(=O)(=O)N2CCOCC2)ccc1Nc1nc(C2CC2)c2c(C(F)(F)F)c[nH]c2n1. The molecule has 2 N–H and O–H groups in total.